The topological polar surface area (TPSA) is 38.1 Å². The molecule has 1 N–H and O–H groups in total. The second kappa shape index (κ2) is 5.81. The third kappa shape index (κ3) is 2.84. The third-order valence-corrected chi connectivity index (χ3v) is 2.45. The zero-order chi connectivity index (χ0) is 10.4. The maximum Gasteiger partial charge on any atom is 0.181 e. The highest BCUT2D eigenvalue weighted by Gasteiger charge is 2.13. The molecule has 0 bridgehead atoms. The van der Waals surface area contributed by atoms with E-state index >= 15 is 0 Å². The Morgan fingerprint density at radius 2 is 2.29 bits per heavy atom. The van der Waals surface area contributed by atoms with Gasteiger partial charge in [-0.3, -0.25) is 0 Å². The number of hydrogen-bond donors (Lipinski definition) is 1. The van der Waals surface area contributed by atoms with E-state index in [0.717, 1.165) is 37.4 Å². The van der Waals surface area contributed by atoms with Crippen LogP contribution in [0.3, 0.4) is 0 Å². The molecule has 0 aromatic carbocycles. The van der Waals surface area contributed by atoms with Gasteiger partial charge in [-0.15, -0.1) is 0 Å². The second-order valence-corrected chi connectivity index (χ2v) is 3.65. The van der Waals surface area contributed by atoms with Gasteiger partial charge >= 0.3 is 0 Å². The molecule has 0 radical (unpaired) electrons. The quantitative estimate of drug-likeness (QED) is 0.711. The monoisotopic (exact) mass is 196 g/mol. The van der Waals surface area contributed by atoms with Crippen LogP contribution >= 0.6 is 0 Å². The van der Waals surface area contributed by atoms with Crippen LogP contribution in [0.25, 0.3) is 0 Å². The average molecular weight is 196 g/mol. The molecule has 1 heterocycles. The number of rotatable bonds is 6. The molecular formula is C11H20N2O. The van der Waals surface area contributed by atoms with E-state index in [-0.39, 0.29) is 0 Å². The lowest BCUT2D eigenvalue weighted by Crippen LogP contribution is -2.15. The Labute approximate surface area is 85.9 Å². The fourth-order valence-corrected chi connectivity index (χ4v) is 1.38. The molecule has 1 rings (SSSR count). The molecule has 1 atom stereocenters. The zero-order valence-electron chi connectivity index (χ0n) is 9.34. The van der Waals surface area contributed by atoms with Crippen molar-refractivity contribution in [3.63, 3.8) is 0 Å². The summed E-state index contributed by atoms with van der Waals surface area (Å²) in [6, 6.07) is 0. The standard InChI is InChI=1S/C11H20N2O/c1-4-6-12-7-10-11(9(3)5-2)14-8-13-10/h8-9,12H,4-7H2,1-3H3. The summed E-state index contributed by atoms with van der Waals surface area (Å²) in [5, 5.41) is 3.33. The SMILES string of the molecule is CCCNCc1ncoc1C(C)CC. The highest BCUT2D eigenvalue weighted by Crippen LogP contribution is 2.21. The lowest BCUT2D eigenvalue weighted by molar-refractivity contribution is 0.459. The molecule has 0 fully saturated rings. The molecule has 1 aromatic heterocycles. The van der Waals surface area contributed by atoms with Crippen molar-refractivity contribution in [3.8, 4) is 0 Å². The van der Waals surface area contributed by atoms with Crippen molar-refractivity contribution in [2.24, 2.45) is 0 Å². The van der Waals surface area contributed by atoms with Crippen LogP contribution in [0.1, 0.15) is 51.0 Å². The van der Waals surface area contributed by atoms with E-state index in [1.807, 2.05) is 0 Å². The van der Waals surface area contributed by atoms with Gasteiger partial charge in [0.25, 0.3) is 0 Å². The molecular weight excluding hydrogens is 176 g/mol. The Hall–Kier alpha value is -0.830. The molecule has 0 saturated heterocycles. The van der Waals surface area contributed by atoms with Gasteiger partial charge in [-0.05, 0) is 19.4 Å². The van der Waals surface area contributed by atoms with E-state index in [9.17, 15) is 0 Å². The minimum Gasteiger partial charge on any atom is -0.448 e. The molecule has 80 valence electrons. The van der Waals surface area contributed by atoms with E-state index in [1.165, 1.54) is 0 Å². The Balaban J connectivity index is 2.53. The predicted molar refractivity (Wildman–Crippen MR) is 57.2 cm³/mol. The lowest BCUT2D eigenvalue weighted by atomic mass is 10.0. The van der Waals surface area contributed by atoms with Gasteiger partial charge in [0.15, 0.2) is 6.39 Å². The van der Waals surface area contributed by atoms with Gasteiger partial charge in [0.05, 0.1) is 5.69 Å². The Kier molecular flexibility index (Phi) is 4.66. The molecule has 1 unspecified atom stereocenters. The maximum atomic E-state index is 5.40. The maximum absolute atomic E-state index is 5.40. The van der Waals surface area contributed by atoms with Crippen molar-refractivity contribution >= 4 is 0 Å². The molecule has 0 aliphatic heterocycles. The number of nitrogens with one attached hydrogen (secondary N) is 1. The van der Waals surface area contributed by atoms with E-state index < -0.39 is 0 Å². The van der Waals surface area contributed by atoms with Crippen molar-refractivity contribution < 1.29 is 4.42 Å². The minimum atomic E-state index is 0.468. The molecule has 0 saturated carbocycles. The van der Waals surface area contributed by atoms with Crippen LogP contribution in [0.5, 0.6) is 0 Å². The summed E-state index contributed by atoms with van der Waals surface area (Å²) in [4.78, 5) is 4.23. The number of oxazole rings is 1. The number of aromatic nitrogens is 1. The average Bonchev–Trinajstić information content (AvgIpc) is 2.65. The Morgan fingerprint density at radius 3 is 2.93 bits per heavy atom. The molecule has 0 aliphatic carbocycles. The third-order valence-electron chi connectivity index (χ3n) is 2.45. The van der Waals surface area contributed by atoms with Gasteiger partial charge in [-0.25, -0.2) is 4.98 Å². The van der Waals surface area contributed by atoms with Crippen LogP contribution in [0, 0.1) is 0 Å². The smallest absolute Gasteiger partial charge is 0.181 e. The number of nitrogens with zero attached hydrogens (tertiary/aromatic N) is 1. The zero-order valence-corrected chi connectivity index (χ0v) is 9.34. The number of hydrogen-bond acceptors (Lipinski definition) is 3. The molecule has 14 heavy (non-hydrogen) atoms. The summed E-state index contributed by atoms with van der Waals surface area (Å²) >= 11 is 0. The van der Waals surface area contributed by atoms with Crippen molar-refractivity contribution in [2.75, 3.05) is 6.54 Å². The largest absolute Gasteiger partial charge is 0.448 e. The lowest BCUT2D eigenvalue weighted by Gasteiger charge is -2.07. The van der Waals surface area contributed by atoms with Gasteiger partial charge in [0, 0.05) is 12.5 Å². The van der Waals surface area contributed by atoms with E-state index in [4.69, 9.17) is 4.42 Å². The predicted octanol–water partition coefficient (Wildman–Crippen LogP) is 2.69. The first kappa shape index (κ1) is 11.2. The van der Waals surface area contributed by atoms with Crippen molar-refractivity contribution in [1.29, 1.82) is 0 Å². The van der Waals surface area contributed by atoms with Crippen LogP contribution < -0.4 is 5.32 Å². The molecule has 0 amide bonds. The van der Waals surface area contributed by atoms with Crippen molar-refractivity contribution in [3.05, 3.63) is 17.8 Å². The van der Waals surface area contributed by atoms with Gasteiger partial charge in [-0.1, -0.05) is 20.8 Å². The molecule has 0 spiro atoms. The van der Waals surface area contributed by atoms with Gasteiger partial charge < -0.3 is 9.73 Å². The fraction of sp³-hybridized carbons (Fsp3) is 0.727. The molecule has 3 heteroatoms. The van der Waals surface area contributed by atoms with Crippen molar-refractivity contribution in [2.45, 2.75) is 46.1 Å². The summed E-state index contributed by atoms with van der Waals surface area (Å²) in [5.74, 6) is 1.51. The van der Waals surface area contributed by atoms with Crippen LogP contribution in [0.4, 0.5) is 0 Å². The van der Waals surface area contributed by atoms with Crippen LogP contribution in [0.2, 0.25) is 0 Å². The van der Waals surface area contributed by atoms with Crippen LogP contribution in [-0.2, 0) is 6.54 Å². The first-order valence-corrected chi connectivity index (χ1v) is 5.42. The normalized spacial score (nSPS) is 13.1. The van der Waals surface area contributed by atoms with E-state index in [1.54, 1.807) is 6.39 Å². The van der Waals surface area contributed by atoms with Crippen LogP contribution in [-0.4, -0.2) is 11.5 Å². The summed E-state index contributed by atoms with van der Waals surface area (Å²) in [5.41, 5.74) is 1.06. The van der Waals surface area contributed by atoms with Crippen LogP contribution in [0.15, 0.2) is 10.8 Å². The fourth-order valence-electron chi connectivity index (χ4n) is 1.38. The highest BCUT2D eigenvalue weighted by molar-refractivity contribution is 5.11. The molecule has 0 aliphatic rings. The Morgan fingerprint density at radius 1 is 1.50 bits per heavy atom. The molecule has 3 nitrogen and oxygen atoms in total. The van der Waals surface area contributed by atoms with Gasteiger partial charge in [0.1, 0.15) is 5.76 Å². The highest BCUT2D eigenvalue weighted by atomic mass is 16.3. The van der Waals surface area contributed by atoms with Crippen molar-refractivity contribution in [1.82, 2.24) is 10.3 Å². The first-order valence-electron chi connectivity index (χ1n) is 5.42. The summed E-state index contributed by atoms with van der Waals surface area (Å²) in [7, 11) is 0. The Bertz CT molecular complexity index is 258. The summed E-state index contributed by atoms with van der Waals surface area (Å²) < 4.78 is 5.40. The van der Waals surface area contributed by atoms with E-state index in [2.05, 4.69) is 31.1 Å². The van der Waals surface area contributed by atoms with Gasteiger partial charge in [-0.2, -0.15) is 0 Å². The second-order valence-electron chi connectivity index (χ2n) is 3.65. The van der Waals surface area contributed by atoms with Gasteiger partial charge in [0.2, 0.25) is 0 Å². The summed E-state index contributed by atoms with van der Waals surface area (Å²) in [6.07, 6.45) is 3.79. The van der Waals surface area contributed by atoms with E-state index in [0.29, 0.717) is 5.92 Å². The minimum absolute atomic E-state index is 0.468. The molecule has 1 aromatic rings. The first-order chi connectivity index (χ1) is 6.79. The summed E-state index contributed by atoms with van der Waals surface area (Å²) in [6.45, 7) is 8.35.